The van der Waals surface area contributed by atoms with Gasteiger partial charge >= 0.3 is 0 Å². The summed E-state index contributed by atoms with van der Waals surface area (Å²) >= 11 is 0. The zero-order chi connectivity index (χ0) is 21.1. The Balaban J connectivity index is 1.23. The number of anilines is 1. The van der Waals surface area contributed by atoms with Crippen LogP contribution in [-0.2, 0) is 9.59 Å². The average Bonchev–Trinajstić information content (AvgIpc) is 2.77. The number of piperazine rings is 1. The lowest BCUT2D eigenvalue weighted by atomic mass is 9.75. The Kier molecular flexibility index (Phi) is 6.18. The number of hydrogen-bond acceptors (Lipinski definition) is 6. The quantitative estimate of drug-likeness (QED) is 0.774. The molecule has 1 aliphatic carbocycles. The molecule has 8 heteroatoms. The molecule has 160 valence electrons. The first kappa shape index (κ1) is 20.6. The Hall–Kier alpha value is -2.66. The van der Waals surface area contributed by atoms with Crippen LogP contribution in [0.2, 0.25) is 0 Å². The molecule has 0 bridgehead atoms. The van der Waals surface area contributed by atoms with E-state index in [2.05, 4.69) is 33.5 Å². The smallest absolute Gasteiger partial charge is 0.226 e. The van der Waals surface area contributed by atoms with Gasteiger partial charge in [0.05, 0.1) is 17.6 Å². The van der Waals surface area contributed by atoms with Gasteiger partial charge in [-0.1, -0.05) is 13.3 Å². The molecule has 4 atom stereocenters. The van der Waals surface area contributed by atoms with Crippen molar-refractivity contribution in [1.82, 2.24) is 20.5 Å². The number of hydrogen-bond donors (Lipinski definition) is 2. The van der Waals surface area contributed by atoms with Crippen LogP contribution >= 0.6 is 0 Å². The summed E-state index contributed by atoms with van der Waals surface area (Å²) in [7, 11) is 0. The number of rotatable bonds is 4. The fraction of sp³-hybridized carbons (Fsp3) is 0.636. The molecule has 4 unspecified atom stereocenters. The normalized spacial score (nSPS) is 29.0. The van der Waals surface area contributed by atoms with Crippen molar-refractivity contribution < 1.29 is 9.59 Å². The third kappa shape index (κ3) is 4.41. The van der Waals surface area contributed by atoms with Crippen LogP contribution in [-0.4, -0.2) is 60.1 Å². The van der Waals surface area contributed by atoms with E-state index in [1.807, 2.05) is 11.0 Å². The number of carbonyl (C=O) groups excluding carboxylic acids is 2. The minimum Gasteiger partial charge on any atom is -0.353 e. The van der Waals surface area contributed by atoms with E-state index in [9.17, 15) is 9.59 Å². The van der Waals surface area contributed by atoms with Gasteiger partial charge in [-0.3, -0.25) is 14.9 Å². The van der Waals surface area contributed by atoms with Gasteiger partial charge in [-0.2, -0.15) is 5.26 Å². The van der Waals surface area contributed by atoms with Crippen LogP contribution in [0, 0.1) is 23.2 Å². The molecule has 1 saturated carbocycles. The molecule has 0 spiro atoms. The van der Waals surface area contributed by atoms with Gasteiger partial charge in [0.1, 0.15) is 11.9 Å². The summed E-state index contributed by atoms with van der Waals surface area (Å²) in [6, 6.07) is 5.94. The first-order valence-corrected chi connectivity index (χ1v) is 11.0. The predicted molar refractivity (Wildman–Crippen MR) is 112 cm³/mol. The Bertz CT molecular complexity index is 812. The van der Waals surface area contributed by atoms with Crippen molar-refractivity contribution in [1.29, 1.82) is 5.26 Å². The Morgan fingerprint density at radius 1 is 1.27 bits per heavy atom. The molecule has 2 aliphatic heterocycles. The van der Waals surface area contributed by atoms with Crippen molar-refractivity contribution in [2.24, 2.45) is 11.8 Å². The van der Waals surface area contributed by atoms with Gasteiger partial charge in [0.25, 0.3) is 0 Å². The fourth-order valence-corrected chi connectivity index (χ4v) is 5.02. The molecule has 1 aromatic heterocycles. The van der Waals surface area contributed by atoms with E-state index < -0.39 is 0 Å². The maximum Gasteiger partial charge on any atom is 0.226 e. The van der Waals surface area contributed by atoms with Crippen LogP contribution in [0.15, 0.2) is 18.3 Å². The van der Waals surface area contributed by atoms with E-state index in [0.29, 0.717) is 37.4 Å². The monoisotopic (exact) mass is 410 g/mol. The Labute approximate surface area is 177 Å². The van der Waals surface area contributed by atoms with E-state index in [0.717, 1.165) is 38.2 Å². The highest BCUT2D eigenvalue weighted by Gasteiger charge is 2.41. The molecule has 8 nitrogen and oxygen atoms in total. The zero-order valence-electron chi connectivity index (χ0n) is 17.5. The van der Waals surface area contributed by atoms with E-state index in [4.69, 9.17) is 5.26 Å². The zero-order valence-corrected chi connectivity index (χ0v) is 17.5. The van der Waals surface area contributed by atoms with Crippen LogP contribution in [0.1, 0.15) is 44.6 Å². The summed E-state index contributed by atoms with van der Waals surface area (Å²) in [6.07, 6.45) is 5.83. The lowest BCUT2D eigenvalue weighted by Crippen LogP contribution is -2.63. The highest BCUT2D eigenvalue weighted by atomic mass is 16.2. The van der Waals surface area contributed by atoms with Crippen molar-refractivity contribution in [3.05, 3.63) is 23.9 Å². The largest absolute Gasteiger partial charge is 0.353 e. The third-order valence-corrected chi connectivity index (χ3v) is 6.74. The number of amides is 2. The lowest BCUT2D eigenvalue weighted by Gasteiger charge is -2.43. The van der Waals surface area contributed by atoms with Crippen molar-refractivity contribution in [2.45, 2.75) is 51.2 Å². The Morgan fingerprint density at radius 3 is 2.77 bits per heavy atom. The van der Waals surface area contributed by atoms with Gasteiger partial charge < -0.3 is 15.1 Å². The topological polar surface area (TPSA) is 101 Å². The van der Waals surface area contributed by atoms with Gasteiger partial charge in [-0.15, -0.1) is 0 Å². The lowest BCUT2D eigenvalue weighted by molar-refractivity contribution is -0.135. The molecule has 2 amide bonds. The summed E-state index contributed by atoms with van der Waals surface area (Å²) < 4.78 is 0. The van der Waals surface area contributed by atoms with Crippen LogP contribution in [0.5, 0.6) is 0 Å². The first-order valence-electron chi connectivity index (χ1n) is 11.0. The first-order chi connectivity index (χ1) is 14.5. The van der Waals surface area contributed by atoms with Gasteiger partial charge in [0.2, 0.25) is 11.8 Å². The summed E-state index contributed by atoms with van der Waals surface area (Å²) in [5.74, 6) is 1.60. The van der Waals surface area contributed by atoms with Crippen LogP contribution in [0.3, 0.4) is 0 Å². The summed E-state index contributed by atoms with van der Waals surface area (Å²) in [4.78, 5) is 33.6. The van der Waals surface area contributed by atoms with E-state index in [1.165, 1.54) is 0 Å². The van der Waals surface area contributed by atoms with Crippen LogP contribution < -0.4 is 15.5 Å². The summed E-state index contributed by atoms with van der Waals surface area (Å²) in [5, 5.41) is 15.5. The maximum absolute atomic E-state index is 12.7. The van der Waals surface area contributed by atoms with Crippen LogP contribution in [0.4, 0.5) is 5.82 Å². The SMILES string of the molecule is CC1CCCC2NC(CCC(=O)N3CCN(c4ccc(C#N)cn4)CC3)NC(=O)C12. The van der Waals surface area contributed by atoms with Gasteiger partial charge in [0, 0.05) is 44.8 Å². The molecule has 3 heterocycles. The molecule has 0 aromatic carbocycles. The summed E-state index contributed by atoms with van der Waals surface area (Å²) in [6.45, 7) is 4.94. The molecule has 2 N–H and O–H groups in total. The van der Waals surface area contributed by atoms with Crippen molar-refractivity contribution >= 4 is 17.6 Å². The molecule has 1 aromatic rings. The number of nitriles is 1. The predicted octanol–water partition coefficient (Wildman–Crippen LogP) is 1.23. The van der Waals surface area contributed by atoms with Crippen molar-refractivity contribution in [3.63, 3.8) is 0 Å². The molecule has 0 radical (unpaired) electrons. The number of pyridine rings is 1. The molecule has 3 fully saturated rings. The second-order valence-electron chi connectivity index (χ2n) is 8.69. The molecule has 4 rings (SSSR count). The second-order valence-corrected chi connectivity index (χ2v) is 8.69. The number of carbonyl (C=O) groups is 2. The molecular weight excluding hydrogens is 380 g/mol. The number of nitrogens with zero attached hydrogens (tertiary/aromatic N) is 4. The molecule has 30 heavy (non-hydrogen) atoms. The second kappa shape index (κ2) is 9.00. The average molecular weight is 411 g/mol. The maximum atomic E-state index is 12.7. The number of nitrogens with one attached hydrogen (secondary N) is 2. The van der Waals surface area contributed by atoms with Gasteiger partial charge in [-0.05, 0) is 37.3 Å². The number of aromatic nitrogens is 1. The molecule has 2 saturated heterocycles. The highest BCUT2D eigenvalue weighted by Crippen LogP contribution is 2.32. The van der Waals surface area contributed by atoms with Crippen molar-refractivity contribution in [3.8, 4) is 6.07 Å². The van der Waals surface area contributed by atoms with E-state index >= 15 is 0 Å². The molecule has 3 aliphatic rings. The number of fused-ring (bicyclic) bond motifs is 1. The van der Waals surface area contributed by atoms with Gasteiger partial charge in [-0.25, -0.2) is 4.98 Å². The molecular formula is C22H30N6O2. The van der Waals surface area contributed by atoms with E-state index in [1.54, 1.807) is 12.3 Å². The minimum absolute atomic E-state index is 0.0645. The third-order valence-electron chi connectivity index (χ3n) is 6.74. The standard InChI is InChI=1S/C22H30N6O2/c1-15-3-2-4-17-21(15)22(30)26-18(25-17)6-8-20(29)28-11-9-27(10-12-28)19-7-5-16(13-23)14-24-19/h5,7,14-15,17-18,21,25H,2-4,6,8-12H2,1H3,(H,26,30). The highest BCUT2D eigenvalue weighted by molar-refractivity contribution is 5.81. The Morgan fingerprint density at radius 2 is 2.07 bits per heavy atom. The van der Waals surface area contributed by atoms with Gasteiger partial charge in [0.15, 0.2) is 0 Å². The fourth-order valence-electron chi connectivity index (χ4n) is 5.02. The minimum atomic E-state index is -0.114. The van der Waals surface area contributed by atoms with Crippen molar-refractivity contribution in [2.75, 3.05) is 31.1 Å². The summed E-state index contributed by atoms with van der Waals surface area (Å²) in [5.41, 5.74) is 0.546. The van der Waals surface area contributed by atoms with Crippen LogP contribution in [0.25, 0.3) is 0 Å². The van der Waals surface area contributed by atoms with E-state index in [-0.39, 0.29) is 29.9 Å².